The van der Waals surface area contributed by atoms with Gasteiger partial charge in [-0.15, -0.1) is 0 Å². The number of ether oxygens (including phenoxy) is 1. The molecule has 0 radical (unpaired) electrons. The first-order chi connectivity index (χ1) is 16.9. The molecular weight excluding hydrogens is 465 g/mol. The fraction of sp³-hybridized carbons (Fsp3) is 0.259. The summed E-state index contributed by atoms with van der Waals surface area (Å²) < 4.78 is 32.8. The van der Waals surface area contributed by atoms with Gasteiger partial charge < -0.3 is 14.6 Å². The van der Waals surface area contributed by atoms with Gasteiger partial charge in [-0.05, 0) is 60.9 Å². The standard InChI is InChI=1S/C27H26FN3O3S/c1-4-20-21(7-10-25(26(20)28)35(3)33)27(32)31-11-12-34-24-9-6-17(13-19(24)15-31)18-5-8-22-23(14-18)30-16(2)29-22/h5-10,13-14H,4,11-12,15H2,1-3H3,(H,29,30). The SMILES string of the molecule is CCc1c(C(=O)N2CCOc3ccc(-c4ccc5nc(C)[nH]c5c4)cc3C2)ccc(S(C)=O)c1F. The molecule has 0 saturated heterocycles. The van der Waals surface area contributed by atoms with Crippen molar-refractivity contribution < 1.29 is 18.1 Å². The van der Waals surface area contributed by atoms with Gasteiger partial charge in [0, 0.05) is 29.5 Å². The number of aromatic nitrogens is 2. The lowest BCUT2D eigenvalue weighted by Gasteiger charge is -2.22. The van der Waals surface area contributed by atoms with Crippen LogP contribution in [-0.4, -0.2) is 44.4 Å². The number of nitrogens with zero attached hydrogens (tertiary/aromatic N) is 2. The van der Waals surface area contributed by atoms with E-state index in [2.05, 4.69) is 16.0 Å². The highest BCUT2D eigenvalue weighted by Gasteiger charge is 2.25. The third-order valence-electron chi connectivity index (χ3n) is 6.36. The molecule has 1 N–H and O–H groups in total. The number of carbonyl (C=O) groups excluding carboxylic acids is 1. The Morgan fingerprint density at radius 2 is 1.94 bits per heavy atom. The van der Waals surface area contributed by atoms with Gasteiger partial charge in [-0.25, -0.2) is 9.37 Å². The molecule has 0 aliphatic carbocycles. The van der Waals surface area contributed by atoms with E-state index in [4.69, 9.17) is 4.74 Å². The van der Waals surface area contributed by atoms with Gasteiger partial charge in [0.05, 0.1) is 33.3 Å². The molecule has 1 aliphatic rings. The number of imidazole rings is 1. The van der Waals surface area contributed by atoms with Crippen LogP contribution in [0.3, 0.4) is 0 Å². The van der Waals surface area contributed by atoms with Crippen LogP contribution in [0.4, 0.5) is 4.39 Å². The van der Waals surface area contributed by atoms with Gasteiger partial charge in [0.1, 0.15) is 24.0 Å². The number of H-pyrrole nitrogens is 1. The topological polar surface area (TPSA) is 75.3 Å². The smallest absolute Gasteiger partial charge is 0.254 e. The summed E-state index contributed by atoms with van der Waals surface area (Å²) in [5.41, 5.74) is 5.41. The highest BCUT2D eigenvalue weighted by atomic mass is 32.2. The molecule has 1 amide bonds. The Bertz CT molecular complexity index is 1480. The van der Waals surface area contributed by atoms with E-state index in [-0.39, 0.29) is 10.8 Å². The van der Waals surface area contributed by atoms with Gasteiger partial charge >= 0.3 is 0 Å². The summed E-state index contributed by atoms with van der Waals surface area (Å²) in [6, 6.07) is 15.1. The van der Waals surface area contributed by atoms with Gasteiger partial charge in [-0.2, -0.15) is 0 Å². The molecule has 0 fully saturated rings. The minimum absolute atomic E-state index is 0.122. The Labute approximate surface area is 205 Å². The molecule has 3 aromatic carbocycles. The fourth-order valence-electron chi connectivity index (χ4n) is 4.60. The number of fused-ring (bicyclic) bond motifs is 2. The van der Waals surface area contributed by atoms with Crippen molar-refractivity contribution in [3.8, 4) is 16.9 Å². The first-order valence-electron chi connectivity index (χ1n) is 11.5. The van der Waals surface area contributed by atoms with Crippen molar-refractivity contribution in [3.63, 3.8) is 0 Å². The number of nitrogens with one attached hydrogen (secondary N) is 1. The quantitative estimate of drug-likeness (QED) is 0.435. The van der Waals surface area contributed by atoms with Crippen molar-refractivity contribution in [1.29, 1.82) is 0 Å². The summed E-state index contributed by atoms with van der Waals surface area (Å²) in [6.45, 7) is 4.80. The minimum atomic E-state index is -1.47. The average molecular weight is 492 g/mol. The molecule has 0 spiro atoms. The molecule has 6 nitrogen and oxygen atoms in total. The fourth-order valence-corrected chi connectivity index (χ4v) is 5.24. The number of halogens is 1. The third-order valence-corrected chi connectivity index (χ3v) is 7.30. The molecule has 1 unspecified atom stereocenters. The predicted octanol–water partition coefficient (Wildman–Crippen LogP) is 5.01. The number of benzene rings is 3. The first kappa shape index (κ1) is 23.2. The van der Waals surface area contributed by atoms with Crippen molar-refractivity contribution >= 4 is 27.7 Å². The van der Waals surface area contributed by atoms with Crippen LogP contribution in [0.5, 0.6) is 5.75 Å². The van der Waals surface area contributed by atoms with E-state index in [1.807, 2.05) is 37.3 Å². The molecule has 5 rings (SSSR count). The molecule has 35 heavy (non-hydrogen) atoms. The van der Waals surface area contributed by atoms with Crippen LogP contribution in [0.2, 0.25) is 0 Å². The normalized spacial score (nSPS) is 14.3. The number of carbonyl (C=O) groups is 1. The maximum Gasteiger partial charge on any atom is 0.254 e. The van der Waals surface area contributed by atoms with Crippen LogP contribution >= 0.6 is 0 Å². The maximum atomic E-state index is 15.0. The predicted molar refractivity (Wildman–Crippen MR) is 135 cm³/mol. The zero-order valence-corrected chi connectivity index (χ0v) is 20.7. The van der Waals surface area contributed by atoms with Crippen LogP contribution in [-0.2, 0) is 23.8 Å². The summed E-state index contributed by atoms with van der Waals surface area (Å²) in [5.74, 6) is 0.784. The number of hydrogen-bond acceptors (Lipinski definition) is 4. The van der Waals surface area contributed by atoms with Crippen LogP contribution < -0.4 is 4.74 Å². The average Bonchev–Trinajstić information content (AvgIpc) is 3.08. The van der Waals surface area contributed by atoms with Gasteiger partial charge in [0.2, 0.25) is 0 Å². The Morgan fingerprint density at radius 3 is 2.71 bits per heavy atom. The van der Waals surface area contributed by atoms with Crippen LogP contribution in [0.1, 0.15) is 34.2 Å². The highest BCUT2D eigenvalue weighted by Crippen LogP contribution is 2.31. The van der Waals surface area contributed by atoms with E-state index in [1.54, 1.807) is 17.9 Å². The first-order valence-corrected chi connectivity index (χ1v) is 13.1. The Balaban J connectivity index is 1.47. The van der Waals surface area contributed by atoms with Gasteiger partial charge in [0.15, 0.2) is 0 Å². The molecule has 0 bridgehead atoms. The molecule has 2 heterocycles. The molecule has 180 valence electrons. The second kappa shape index (κ2) is 9.26. The van der Waals surface area contributed by atoms with E-state index in [0.717, 1.165) is 39.3 Å². The second-order valence-electron chi connectivity index (χ2n) is 8.66. The maximum absolute atomic E-state index is 15.0. The highest BCUT2D eigenvalue weighted by molar-refractivity contribution is 7.84. The van der Waals surface area contributed by atoms with Crippen molar-refractivity contribution in [3.05, 3.63) is 76.9 Å². The summed E-state index contributed by atoms with van der Waals surface area (Å²) in [5, 5.41) is 0. The van der Waals surface area contributed by atoms with Crippen molar-refractivity contribution in [2.24, 2.45) is 0 Å². The summed E-state index contributed by atoms with van der Waals surface area (Å²) in [6.07, 6.45) is 1.77. The zero-order valence-electron chi connectivity index (χ0n) is 19.9. The zero-order chi connectivity index (χ0) is 24.7. The number of aromatic amines is 1. The van der Waals surface area contributed by atoms with Gasteiger partial charge in [-0.3, -0.25) is 9.00 Å². The Morgan fingerprint density at radius 1 is 1.17 bits per heavy atom. The van der Waals surface area contributed by atoms with Crippen molar-refractivity contribution in [2.75, 3.05) is 19.4 Å². The van der Waals surface area contributed by atoms with Gasteiger partial charge in [0.25, 0.3) is 5.91 Å². The van der Waals surface area contributed by atoms with Crippen LogP contribution in [0.15, 0.2) is 53.4 Å². The molecular formula is C27H26FN3O3S. The molecule has 1 aromatic heterocycles. The second-order valence-corrected chi connectivity index (χ2v) is 10.0. The number of amides is 1. The number of aryl methyl sites for hydroxylation is 1. The number of rotatable bonds is 4. The lowest BCUT2D eigenvalue weighted by atomic mass is 10.0. The van der Waals surface area contributed by atoms with Gasteiger partial charge in [-0.1, -0.05) is 19.1 Å². The largest absolute Gasteiger partial charge is 0.491 e. The molecule has 4 aromatic rings. The summed E-state index contributed by atoms with van der Waals surface area (Å²) >= 11 is 0. The molecule has 1 aliphatic heterocycles. The van der Waals surface area contributed by atoms with Crippen molar-refractivity contribution in [1.82, 2.24) is 14.9 Å². The van der Waals surface area contributed by atoms with E-state index in [0.29, 0.717) is 37.2 Å². The molecule has 8 heteroatoms. The van der Waals surface area contributed by atoms with Crippen LogP contribution in [0.25, 0.3) is 22.2 Å². The Kier molecular flexibility index (Phi) is 6.15. The van der Waals surface area contributed by atoms with Crippen molar-refractivity contribution in [2.45, 2.75) is 31.7 Å². The van der Waals surface area contributed by atoms with E-state index < -0.39 is 16.6 Å². The number of hydrogen-bond donors (Lipinski definition) is 1. The van der Waals surface area contributed by atoms with E-state index in [9.17, 15) is 13.4 Å². The van der Waals surface area contributed by atoms with Crippen LogP contribution in [0, 0.1) is 12.7 Å². The molecule has 0 saturated carbocycles. The Hall–Kier alpha value is -3.52. The third kappa shape index (κ3) is 4.34. The lowest BCUT2D eigenvalue weighted by Crippen LogP contribution is -2.33. The minimum Gasteiger partial charge on any atom is -0.491 e. The van der Waals surface area contributed by atoms with E-state index >= 15 is 0 Å². The lowest BCUT2D eigenvalue weighted by molar-refractivity contribution is 0.0731. The summed E-state index contributed by atoms with van der Waals surface area (Å²) in [7, 11) is -1.47. The monoisotopic (exact) mass is 491 g/mol. The molecule has 1 atom stereocenters. The summed E-state index contributed by atoms with van der Waals surface area (Å²) in [4.78, 5) is 23.0. The van der Waals surface area contributed by atoms with E-state index in [1.165, 1.54) is 12.3 Å².